The maximum absolute atomic E-state index is 11.9. The summed E-state index contributed by atoms with van der Waals surface area (Å²) in [4.78, 5) is 34.7. The fourth-order valence-electron chi connectivity index (χ4n) is 2.08. The second kappa shape index (κ2) is 10.3. The van der Waals surface area contributed by atoms with E-state index in [1.807, 2.05) is 6.92 Å². The third-order valence-electron chi connectivity index (χ3n) is 3.38. The number of benzene rings is 1. The molecule has 24 heavy (non-hydrogen) atoms. The largest absolute Gasteiger partial charge is 0.497 e. The highest BCUT2D eigenvalue weighted by Crippen LogP contribution is 2.18. The van der Waals surface area contributed by atoms with Crippen molar-refractivity contribution in [1.29, 1.82) is 0 Å². The number of carbonyl (C=O) groups is 3. The minimum absolute atomic E-state index is 0.0967. The third kappa shape index (κ3) is 6.68. The molecule has 1 unspecified atom stereocenters. The highest BCUT2D eigenvalue weighted by molar-refractivity contribution is 5.85. The van der Waals surface area contributed by atoms with Crippen LogP contribution in [0.5, 0.6) is 5.75 Å². The Morgan fingerprint density at radius 1 is 1.12 bits per heavy atom. The Hall–Kier alpha value is -2.57. The number of carboxylic acids is 1. The number of carboxylic acid groups (broad SMARTS) is 1. The highest BCUT2D eigenvalue weighted by Gasteiger charge is 2.22. The van der Waals surface area contributed by atoms with Gasteiger partial charge in [-0.25, -0.2) is 4.79 Å². The molecule has 0 heterocycles. The van der Waals surface area contributed by atoms with Gasteiger partial charge >= 0.3 is 5.97 Å². The molecule has 1 aromatic carbocycles. The first-order valence-electron chi connectivity index (χ1n) is 7.90. The number of amides is 2. The van der Waals surface area contributed by atoms with Crippen molar-refractivity contribution in [3.8, 4) is 5.75 Å². The minimum atomic E-state index is -1.14. The Kier molecular flexibility index (Phi) is 8.32. The molecule has 0 spiro atoms. The average Bonchev–Trinajstić information content (AvgIpc) is 2.57. The van der Waals surface area contributed by atoms with E-state index in [4.69, 9.17) is 4.74 Å². The van der Waals surface area contributed by atoms with E-state index in [1.165, 1.54) is 7.11 Å². The van der Waals surface area contributed by atoms with Crippen LogP contribution in [0.1, 0.15) is 44.2 Å². The van der Waals surface area contributed by atoms with E-state index in [-0.39, 0.29) is 18.7 Å². The minimum Gasteiger partial charge on any atom is -0.497 e. The van der Waals surface area contributed by atoms with E-state index in [9.17, 15) is 19.5 Å². The van der Waals surface area contributed by atoms with Gasteiger partial charge in [0, 0.05) is 19.4 Å². The van der Waals surface area contributed by atoms with Gasteiger partial charge in [-0.3, -0.25) is 9.59 Å². The molecule has 0 aromatic heterocycles. The normalized spacial score (nSPS) is 11.4. The van der Waals surface area contributed by atoms with Crippen molar-refractivity contribution in [1.82, 2.24) is 10.6 Å². The van der Waals surface area contributed by atoms with E-state index < -0.39 is 17.9 Å². The van der Waals surface area contributed by atoms with Gasteiger partial charge in [0.2, 0.25) is 11.8 Å². The fraction of sp³-hybridized carbons (Fsp3) is 0.471. The zero-order chi connectivity index (χ0) is 17.9. The van der Waals surface area contributed by atoms with Crippen LogP contribution in [-0.2, 0) is 14.4 Å². The van der Waals surface area contributed by atoms with Gasteiger partial charge in [0.05, 0.1) is 7.11 Å². The summed E-state index contributed by atoms with van der Waals surface area (Å²) in [6, 6.07) is 5.33. The van der Waals surface area contributed by atoms with Gasteiger partial charge in [-0.15, -0.1) is 0 Å². The van der Waals surface area contributed by atoms with Crippen LogP contribution in [0.3, 0.4) is 0 Å². The molecule has 0 saturated carbocycles. The summed E-state index contributed by atoms with van der Waals surface area (Å²) in [5.41, 5.74) is 0.456. The number of nitrogens with one attached hydrogen (secondary N) is 2. The molecular formula is C17H24N2O5. The average molecular weight is 336 g/mol. The molecule has 1 atom stereocenters. The van der Waals surface area contributed by atoms with Gasteiger partial charge in [-0.2, -0.15) is 0 Å². The molecule has 3 N–H and O–H groups in total. The van der Waals surface area contributed by atoms with Crippen molar-refractivity contribution in [3.05, 3.63) is 29.8 Å². The summed E-state index contributed by atoms with van der Waals surface area (Å²) in [5, 5.41) is 14.5. The molecule has 1 aromatic rings. The molecular weight excluding hydrogens is 312 g/mol. The first kappa shape index (κ1) is 19.5. The van der Waals surface area contributed by atoms with Crippen LogP contribution >= 0.6 is 0 Å². The van der Waals surface area contributed by atoms with Crippen molar-refractivity contribution in [3.63, 3.8) is 0 Å². The second-order valence-electron chi connectivity index (χ2n) is 5.32. The van der Waals surface area contributed by atoms with Crippen molar-refractivity contribution >= 4 is 17.8 Å². The monoisotopic (exact) mass is 336 g/mol. The lowest BCUT2D eigenvalue weighted by molar-refractivity contribution is -0.142. The first-order valence-corrected chi connectivity index (χ1v) is 7.90. The number of hydrogen-bond donors (Lipinski definition) is 3. The summed E-state index contributed by atoms with van der Waals surface area (Å²) < 4.78 is 5.02. The van der Waals surface area contributed by atoms with Gasteiger partial charge in [0.25, 0.3) is 0 Å². The van der Waals surface area contributed by atoms with Crippen LogP contribution in [0.15, 0.2) is 24.3 Å². The van der Waals surface area contributed by atoms with Gasteiger partial charge in [0.15, 0.2) is 6.04 Å². The first-order chi connectivity index (χ1) is 11.5. The highest BCUT2D eigenvalue weighted by atomic mass is 16.5. The Morgan fingerprint density at radius 2 is 1.75 bits per heavy atom. The molecule has 132 valence electrons. The summed E-state index contributed by atoms with van der Waals surface area (Å²) in [5.74, 6) is -1.04. The molecule has 0 aliphatic heterocycles. The molecule has 2 amide bonds. The van der Waals surface area contributed by atoms with Crippen LogP contribution < -0.4 is 15.4 Å². The molecule has 0 fully saturated rings. The van der Waals surface area contributed by atoms with Crippen LogP contribution in [0.4, 0.5) is 0 Å². The van der Waals surface area contributed by atoms with Gasteiger partial charge in [0.1, 0.15) is 5.75 Å². The smallest absolute Gasteiger partial charge is 0.330 e. The summed E-state index contributed by atoms with van der Waals surface area (Å²) in [6.45, 7) is 2.57. The Bertz CT molecular complexity index is 557. The van der Waals surface area contributed by atoms with E-state index in [1.54, 1.807) is 24.3 Å². The number of ether oxygens (including phenoxy) is 1. The lowest BCUT2D eigenvalue weighted by atomic mass is 10.1. The lowest BCUT2D eigenvalue weighted by Crippen LogP contribution is -2.33. The zero-order valence-electron chi connectivity index (χ0n) is 14.0. The number of carbonyl (C=O) groups excluding carboxylic acids is 2. The van der Waals surface area contributed by atoms with Crippen molar-refractivity contribution in [2.75, 3.05) is 13.7 Å². The molecule has 0 aliphatic rings. The van der Waals surface area contributed by atoms with E-state index in [0.29, 0.717) is 24.3 Å². The number of hydrogen-bond acceptors (Lipinski definition) is 4. The maximum Gasteiger partial charge on any atom is 0.330 e. The van der Waals surface area contributed by atoms with Crippen LogP contribution in [0.2, 0.25) is 0 Å². The molecule has 0 aliphatic carbocycles. The van der Waals surface area contributed by atoms with E-state index in [2.05, 4.69) is 10.6 Å². The number of rotatable bonds is 10. The van der Waals surface area contributed by atoms with Crippen molar-refractivity contribution in [2.24, 2.45) is 0 Å². The van der Waals surface area contributed by atoms with Gasteiger partial charge < -0.3 is 20.5 Å². The Balaban J connectivity index is 2.51. The Morgan fingerprint density at radius 3 is 2.29 bits per heavy atom. The van der Waals surface area contributed by atoms with Crippen molar-refractivity contribution in [2.45, 2.75) is 38.6 Å². The molecule has 7 heteroatoms. The molecule has 0 radical (unpaired) electrons. The summed E-state index contributed by atoms with van der Waals surface area (Å²) >= 11 is 0. The predicted molar refractivity (Wildman–Crippen MR) is 88.7 cm³/mol. The number of methoxy groups -OCH3 is 1. The van der Waals surface area contributed by atoms with Crippen molar-refractivity contribution < 1.29 is 24.2 Å². The summed E-state index contributed by atoms with van der Waals surface area (Å²) in [7, 11) is 1.52. The van der Waals surface area contributed by atoms with Gasteiger partial charge in [-0.1, -0.05) is 19.1 Å². The number of aliphatic carboxylic acids is 1. The Labute approximate surface area is 141 Å². The molecule has 7 nitrogen and oxygen atoms in total. The molecule has 0 saturated heterocycles. The van der Waals surface area contributed by atoms with Gasteiger partial charge in [-0.05, 0) is 30.5 Å². The zero-order valence-corrected chi connectivity index (χ0v) is 14.0. The molecule has 0 bridgehead atoms. The van der Waals surface area contributed by atoms with E-state index in [0.717, 1.165) is 6.42 Å². The maximum atomic E-state index is 11.9. The van der Waals surface area contributed by atoms with E-state index >= 15 is 0 Å². The topological polar surface area (TPSA) is 105 Å². The predicted octanol–water partition coefficient (Wildman–Crippen LogP) is 1.63. The van der Waals surface area contributed by atoms with Crippen LogP contribution in [0, 0.1) is 0 Å². The van der Waals surface area contributed by atoms with Crippen LogP contribution in [0.25, 0.3) is 0 Å². The quantitative estimate of drug-likeness (QED) is 0.602. The molecule has 1 rings (SSSR count). The SMILES string of the molecule is CCCNC(=O)CCCC(=O)NC(C(=O)O)c1ccc(OC)cc1. The standard InChI is InChI=1S/C17H24N2O5/c1-3-11-18-14(20)5-4-6-15(21)19-16(17(22)23)12-7-9-13(24-2)10-8-12/h7-10,16H,3-6,11H2,1-2H3,(H,18,20)(H,19,21)(H,22,23). The summed E-state index contributed by atoms with van der Waals surface area (Å²) in [6.07, 6.45) is 1.57. The van der Waals surface area contributed by atoms with Crippen LogP contribution in [-0.4, -0.2) is 36.5 Å². The second-order valence-corrected chi connectivity index (χ2v) is 5.32. The lowest BCUT2D eigenvalue weighted by Gasteiger charge is -2.15. The fourth-order valence-corrected chi connectivity index (χ4v) is 2.08. The third-order valence-corrected chi connectivity index (χ3v) is 3.38.